The van der Waals surface area contributed by atoms with Gasteiger partial charge in [-0.05, 0) is 50.5 Å². The highest BCUT2D eigenvalue weighted by Crippen LogP contribution is 2.44. The number of alkyl halides is 3. The number of nitrogens with one attached hydrogen (secondary N) is 1. The first-order valence-corrected chi connectivity index (χ1v) is 8.71. The summed E-state index contributed by atoms with van der Waals surface area (Å²) in [6, 6.07) is 0.278. The highest BCUT2D eigenvalue weighted by molar-refractivity contribution is 4.91. The van der Waals surface area contributed by atoms with Crippen molar-refractivity contribution in [3.63, 3.8) is 0 Å². The second-order valence-electron chi connectivity index (χ2n) is 7.10. The van der Waals surface area contributed by atoms with Crippen LogP contribution in [0.15, 0.2) is 0 Å². The Morgan fingerprint density at radius 2 is 1.76 bits per heavy atom. The normalized spacial score (nSPS) is 36.4. The van der Waals surface area contributed by atoms with Crippen molar-refractivity contribution in [2.75, 3.05) is 7.05 Å². The molecule has 0 aromatic carbocycles. The fourth-order valence-corrected chi connectivity index (χ4v) is 4.87. The van der Waals surface area contributed by atoms with Crippen molar-refractivity contribution < 1.29 is 13.2 Å². The summed E-state index contributed by atoms with van der Waals surface area (Å²) in [5.74, 6) is 0.400. The van der Waals surface area contributed by atoms with Gasteiger partial charge in [0.2, 0.25) is 0 Å². The van der Waals surface area contributed by atoms with Gasteiger partial charge in [-0.25, -0.2) is 0 Å². The average molecular weight is 305 g/mol. The zero-order valence-electron chi connectivity index (χ0n) is 13.4. The summed E-state index contributed by atoms with van der Waals surface area (Å²) in [5, 5.41) is 3.41. The van der Waals surface area contributed by atoms with Crippen LogP contribution < -0.4 is 5.32 Å². The molecule has 0 spiro atoms. The van der Waals surface area contributed by atoms with E-state index in [9.17, 15) is 13.2 Å². The summed E-state index contributed by atoms with van der Waals surface area (Å²) in [4.78, 5) is 0. The summed E-state index contributed by atoms with van der Waals surface area (Å²) >= 11 is 0. The van der Waals surface area contributed by atoms with Crippen molar-refractivity contribution in [2.24, 2.45) is 23.7 Å². The quantitative estimate of drug-likeness (QED) is 0.756. The Labute approximate surface area is 127 Å². The Balaban J connectivity index is 2.05. The van der Waals surface area contributed by atoms with Crippen molar-refractivity contribution in [2.45, 2.75) is 76.9 Å². The number of halogens is 3. The molecule has 21 heavy (non-hydrogen) atoms. The van der Waals surface area contributed by atoms with E-state index in [0.717, 1.165) is 19.3 Å². The first-order chi connectivity index (χ1) is 9.97. The zero-order valence-corrected chi connectivity index (χ0v) is 13.4. The molecule has 124 valence electrons. The molecular formula is C17H30F3N. The van der Waals surface area contributed by atoms with Crippen LogP contribution in [0.25, 0.3) is 0 Å². The third-order valence-corrected chi connectivity index (χ3v) is 5.97. The Morgan fingerprint density at radius 1 is 1.05 bits per heavy atom. The van der Waals surface area contributed by atoms with Gasteiger partial charge in [0.15, 0.2) is 0 Å². The van der Waals surface area contributed by atoms with Gasteiger partial charge >= 0.3 is 6.18 Å². The van der Waals surface area contributed by atoms with Gasteiger partial charge in [0, 0.05) is 6.04 Å². The molecule has 1 N–H and O–H groups in total. The Bertz CT molecular complexity index is 316. The molecule has 1 nitrogen and oxygen atoms in total. The van der Waals surface area contributed by atoms with Crippen molar-refractivity contribution >= 4 is 0 Å². The lowest BCUT2D eigenvalue weighted by Crippen LogP contribution is -2.47. The van der Waals surface area contributed by atoms with E-state index in [1.807, 2.05) is 7.05 Å². The minimum absolute atomic E-state index is 0.201. The van der Waals surface area contributed by atoms with E-state index in [1.54, 1.807) is 0 Å². The second kappa shape index (κ2) is 7.34. The standard InChI is InChI=1S/C17H30F3N/c1-3-12-7-4-5-10-15(12)16(21-2)13-8-6-9-14(11-13)17(18,19)20/h12-16,21H,3-11H2,1-2H3. The molecule has 2 fully saturated rings. The first kappa shape index (κ1) is 17.1. The van der Waals surface area contributed by atoms with Gasteiger partial charge in [-0.15, -0.1) is 0 Å². The van der Waals surface area contributed by atoms with Crippen molar-refractivity contribution in [1.82, 2.24) is 5.32 Å². The van der Waals surface area contributed by atoms with Crippen molar-refractivity contribution in [3.8, 4) is 0 Å². The van der Waals surface area contributed by atoms with E-state index in [2.05, 4.69) is 12.2 Å². The van der Waals surface area contributed by atoms with Gasteiger partial charge in [-0.2, -0.15) is 13.2 Å². The maximum Gasteiger partial charge on any atom is 0.391 e. The molecule has 4 heteroatoms. The van der Waals surface area contributed by atoms with Crippen molar-refractivity contribution in [1.29, 1.82) is 0 Å². The summed E-state index contributed by atoms with van der Waals surface area (Å²) in [6.45, 7) is 2.23. The van der Waals surface area contributed by atoms with Crippen LogP contribution >= 0.6 is 0 Å². The molecule has 0 aromatic rings. The maximum absolute atomic E-state index is 13.0. The minimum Gasteiger partial charge on any atom is -0.316 e. The summed E-state index contributed by atoms with van der Waals surface area (Å²) in [5.41, 5.74) is 0. The average Bonchev–Trinajstić information content (AvgIpc) is 2.48. The fourth-order valence-electron chi connectivity index (χ4n) is 4.87. The van der Waals surface area contributed by atoms with Gasteiger partial charge in [-0.1, -0.05) is 39.0 Å². The predicted molar refractivity (Wildman–Crippen MR) is 80.1 cm³/mol. The van der Waals surface area contributed by atoms with E-state index in [-0.39, 0.29) is 12.0 Å². The van der Waals surface area contributed by atoms with E-state index < -0.39 is 12.1 Å². The molecule has 2 aliphatic rings. The number of hydrogen-bond donors (Lipinski definition) is 1. The zero-order chi connectivity index (χ0) is 15.5. The Kier molecular flexibility index (Phi) is 5.98. The van der Waals surface area contributed by atoms with Gasteiger partial charge < -0.3 is 5.32 Å². The molecule has 2 rings (SSSR count). The minimum atomic E-state index is -4.01. The second-order valence-corrected chi connectivity index (χ2v) is 7.10. The van der Waals surface area contributed by atoms with Crippen LogP contribution in [0.1, 0.15) is 64.7 Å². The molecule has 0 bridgehead atoms. The SMILES string of the molecule is CCC1CCCCC1C(NC)C1CCCC(C(F)(F)F)C1. The lowest BCUT2D eigenvalue weighted by molar-refractivity contribution is -0.187. The van der Waals surface area contributed by atoms with Gasteiger partial charge in [0.25, 0.3) is 0 Å². The Hall–Kier alpha value is -0.250. The molecule has 0 aromatic heterocycles. The van der Waals surface area contributed by atoms with Crippen LogP contribution in [0.2, 0.25) is 0 Å². The van der Waals surface area contributed by atoms with Crippen LogP contribution in [-0.4, -0.2) is 19.3 Å². The molecule has 5 atom stereocenters. The molecule has 2 aliphatic carbocycles. The summed E-state index contributed by atoms with van der Waals surface area (Å²) in [6.07, 6.45) is 4.51. The van der Waals surface area contributed by atoms with Gasteiger partial charge in [0.1, 0.15) is 0 Å². The first-order valence-electron chi connectivity index (χ1n) is 8.71. The van der Waals surface area contributed by atoms with E-state index in [0.29, 0.717) is 24.7 Å². The largest absolute Gasteiger partial charge is 0.391 e. The lowest BCUT2D eigenvalue weighted by Gasteiger charge is -2.43. The van der Waals surface area contributed by atoms with E-state index in [4.69, 9.17) is 0 Å². The number of hydrogen-bond acceptors (Lipinski definition) is 1. The highest BCUT2D eigenvalue weighted by atomic mass is 19.4. The van der Waals surface area contributed by atoms with Crippen LogP contribution in [-0.2, 0) is 0 Å². The summed E-state index contributed by atoms with van der Waals surface area (Å²) < 4.78 is 39.1. The molecular weight excluding hydrogens is 275 g/mol. The predicted octanol–water partition coefficient (Wildman–Crippen LogP) is 5.16. The van der Waals surface area contributed by atoms with E-state index in [1.165, 1.54) is 25.7 Å². The van der Waals surface area contributed by atoms with Gasteiger partial charge in [-0.3, -0.25) is 0 Å². The third kappa shape index (κ3) is 4.14. The molecule has 0 radical (unpaired) electrons. The fraction of sp³-hybridized carbons (Fsp3) is 1.00. The number of rotatable bonds is 4. The van der Waals surface area contributed by atoms with Crippen molar-refractivity contribution in [3.05, 3.63) is 0 Å². The molecule has 0 heterocycles. The molecule has 0 saturated heterocycles. The molecule has 0 aliphatic heterocycles. The topological polar surface area (TPSA) is 12.0 Å². The van der Waals surface area contributed by atoms with Crippen LogP contribution in [0, 0.1) is 23.7 Å². The Morgan fingerprint density at radius 3 is 2.38 bits per heavy atom. The molecule has 2 saturated carbocycles. The highest BCUT2D eigenvalue weighted by Gasteiger charge is 2.45. The maximum atomic E-state index is 13.0. The lowest BCUT2D eigenvalue weighted by atomic mass is 9.67. The van der Waals surface area contributed by atoms with Crippen LogP contribution in [0.3, 0.4) is 0 Å². The van der Waals surface area contributed by atoms with E-state index >= 15 is 0 Å². The van der Waals surface area contributed by atoms with Gasteiger partial charge in [0.05, 0.1) is 5.92 Å². The van der Waals surface area contributed by atoms with Crippen LogP contribution in [0.5, 0.6) is 0 Å². The van der Waals surface area contributed by atoms with Crippen LogP contribution in [0.4, 0.5) is 13.2 Å². The summed E-state index contributed by atoms with van der Waals surface area (Å²) in [7, 11) is 1.95. The molecule has 5 unspecified atom stereocenters. The monoisotopic (exact) mass is 305 g/mol. The molecule has 0 amide bonds. The third-order valence-electron chi connectivity index (χ3n) is 5.97. The smallest absolute Gasteiger partial charge is 0.316 e.